The van der Waals surface area contributed by atoms with Crippen molar-refractivity contribution >= 4 is 0 Å². The van der Waals surface area contributed by atoms with Crippen molar-refractivity contribution in [1.29, 1.82) is 0 Å². The molecule has 0 amide bonds. The molecule has 1 saturated heterocycles. The van der Waals surface area contributed by atoms with Gasteiger partial charge in [-0.2, -0.15) is 0 Å². The monoisotopic (exact) mass is 159 g/mol. The van der Waals surface area contributed by atoms with Crippen LogP contribution in [0.3, 0.4) is 0 Å². The van der Waals surface area contributed by atoms with Gasteiger partial charge >= 0.3 is 0 Å². The molecule has 3 heteroatoms. The molecule has 1 aliphatic heterocycles. The molecule has 1 aliphatic rings. The van der Waals surface area contributed by atoms with E-state index < -0.39 is 0 Å². The highest BCUT2D eigenvalue weighted by molar-refractivity contribution is 4.82. The van der Waals surface area contributed by atoms with Crippen LogP contribution in [0.1, 0.15) is 27.2 Å². The number of rotatable bonds is 4. The van der Waals surface area contributed by atoms with Crippen molar-refractivity contribution in [3.63, 3.8) is 0 Å². The molecule has 0 aromatic carbocycles. The Morgan fingerprint density at radius 3 is 2.73 bits per heavy atom. The van der Waals surface area contributed by atoms with Crippen molar-refractivity contribution < 1.29 is 9.47 Å². The summed E-state index contributed by atoms with van der Waals surface area (Å²) in [4.78, 5) is 0. The smallest absolute Gasteiger partial charge is 0.163 e. The highest BCUT2D eigenvalue weighted by Crippen LogP contribution is 2.29. The third-order valence-corrected chi connectivity index (χ3v) is 1.85. The van der Waals surface area contributed by atoms with Crippen LogP contribution in [0.4, 0.5) is 0 Å². The van der Waals surface area contributed by atoms with Gasteiger partial charge in [-0.1, -0.05) is 6.92 Å². The number of hydrogen-bond donors (Lipinski definition) is 1. The molecule has 0 radical (unpaired) electrons. The maximum Gasteiger partial charge on any atom is 0.163 e. The summed E-state index contributed by atoms with van der Waals surface area (Å²) in [5.41, 5.74) is -0.130. The van der Waals surface area contributed by atoms with Crippen LogP contribution in [0.15, 0.2) is 0 Å². The van der Waals surface area contributed by atoms with Crippen molar-refractivity contribution in [2.45, 2.75) is 39.2 Å². The van der Waals surface area contributed by atoms with E-state index in [0.29, 0.717) is 0 Å². The van der Waals surface area contributed by atoms with Crippen molar-refractivity contribution in [2.24, 2.45) is 0 Å². The highest BCUT2D eigenvalue weighted by atomic mass is 16.7. The van der Waals surface area contributed by atoms with Crippen LogP contribution in [-0.4, -0.2) is 25.2 Å². The Morgan fingerprint density at radius 1 is 1.64 bits per heavy atom. The molecule has 0 aliphatic carbocycles. The lowest BCUT2D eigenvalue weighted by atomic mass is 10.1. The first-order valence-corrected chi connectivity index (χ1v) is 4.24. The van der Waals surface area contributed by atoms with Crippen LogP contribution >= 0.6 is 0 Å². The van der Waals surface area contributed by atoms with E-state index in [9.17, 15) is 0 Å². The fourth-order valence-electron chi connectivity index (χ4n) is 1.37. The maximum absolute atomic E-state index is 5.47. The third kappa shape index (κ3) is 2.15. The van der Waals surface area contributed by atoms with Crippen LogP contribution in [0.5, 0.6) is 0 Å². The Bertz CT molecular complexity index is 121. The summed E-state index contributed by atoms with van der Waals surface area (Å²) in [7, 11) is 0. The first-order valence-electron chi connectivity index (χ1n) is 4.24. The number of hydrogen-bond acceptors (Lipinski definition) is 3. The molecule has 0 aromatic heterocycles. The first-order chi connectivity index (χ1) is 5.20. The van der Waals surface area contributed by atoms with Gasteiger partial charge in [0.05, 0.1) is 0 Å². The zero-order valence-electron chi connectivity index (χ0n) is 7.52. The highest BCUT2D eigenvalue weighted by Gasteiger charge is 2.41. The molecular weight excluding hydrogens is 142 g/mol. The number of nitrogens with one attached hydrogen (secondary N) is 1. The Morgan fingerprint density at radius 2 is 2.27 bits per heavy atom. The zero-order chi connectivity index (χ0) is 8.32. The predicted molar refractivity (Wildman–Crippen MR) is 43.2 cm³/mol. The summed E-state index contributed by atoms with van der Waals surface area (Å²) in [6, 6.07) is 0. The molecule has 2 atom stereocenters. The average Bonchev–Trinajstić information content (AvgIpc) is 1.85. The molecule has 1 rings (SSSR count). The second kappa shape index (κ2) is 3.52. The van der Waals surface area contributed by atoms with Crippen molar-refractivity contribution in [2.75, 3.05) is 13.2 Å². The lowest BCUT2D eigenvalue weighted by Crippen LogP contribution is -2.58. The molecular formula is C8H17NO2. The maximum atomic E-state index is 5.47. The fraction of sp³-hybridized carbons (Fsp3) is 1.00. The molecule has 0 aromatic rings. The van der Waals surface area contributed by atoms with Crippen LogP contribution in [0.2, 0.25) is 0 Å². The van der Waals surface area contributed by atoms with Gasteiger partial charge in [-0.15, -0.1) is 0 Å². The number of ether oxygens (including phenoxy) is 2. The first kappa shape index (κ1) is 8.97. The summed E-state index contributed by atoms with van der Waals surface area (Å²) in [5.74, 6) is 0. The zero-order valence-corrected chi connectivity index (χ0v) is 7.52. The van der Waals surface area contributed by atoms with Crippen molar-refractivity contribution in [3.05, 3.63) is 0 Å². The van der Waals surface area contributed by atoms with Gasteiger partial charge in [0, 0.05) is 13.0 Å². The van der Waals surface area contributed by atoms with Crippen LogP contribution in [0.25, 0.3) is 0 Å². The van der Waals surface area contributed by atoms with Crippen LogP contribution < -0.4 is 5.32 Å². The van der Waals surface area contributed by atoms with Gasteiger partial charge in [-0.3, -0.25) is 5.32 Å². The van der Waals surface area contributed by atoms with E-state index in [1.54, 1.807) is 0 Å². The molecule has 0 saturated carbocycles. The van der Waals surface area contributed by atoms with Crippen molar-refractivity contribution in [1.82, 2.24) is 5.32 Å². The standard InChI is InChI=1S/C8H17NO2/c1-4-9-8(3)6-7(11-8)10-5-2/h7,9H,4-6H2,1-3H3. The molecule has 11 heavy (non-hydrogen) atoms. The van der Waals surface area contributed by atoms with Crippen LogP contribution in [0, 0.1) is 0 Å². The molecule has 2 unspecified atom stereocenters. The summed E-state index contributed by atoms with van der Waals surface area (Å²) in [6.07, 6.45) is 0.971. The van der Waals surface area contributed by atoms with E-state index in [4.69, 9.17) is 9.47 Å². The summed E-state index contributed by atoms with van der Waals surface area (Å²) in [6.45, 7) is 7.77. The SMILES string of the molecule is CCNC1(C)CC(OCC)O1. The topological polar surface area (TPSA) is 30.5 Å². The predicted octanol–water partition coefficient (Wildman–Crippen LogP) is 1.09. The minimum atomic E-state index is -0.130. The average molecular weight is 159 g/mol. The summed E-state index contributed by atoms with van der Waals surface area (Å²) < 4.78 is 10.7. The lowest BCUT2D eigenvalue weighted by Gasteiger charge is -2.45. The van der Waals surface area contributed by atoms with Gasteiger partial charge < -0.3 is 9.47 Å². The Labute approximate surface area is 68.1 Å². The largest absolute Gasteiger partial charge is 0.353 e. The van der Waals surface area contributed by atoms with E-state index in [0.717, 1.165) is 19.6 Å². The van der Waals surface area contributed by atoms with Gasteiger partial charge in [0.15, 0.2) is 6.29 Å². The molecule has 1 heterocycles. The molecule has 1 fully saturated rings. The van der Waals surface area contributed by atoms with Crippen LogP contribution in [-0.2, 0) is 9.47 Å². The van der Waals surface area contributed by atoms with Crippen molar-refractivity contribution in [3.8, 4) is 0 Å². The molecule has 3 nitrogen and oxygen atoms in total. The molecule has 0 bridgehead atoms. The van der Waals surface area contributed by atoms with Gasteiger partial charge in [-0.05, 0) is 20.4 Å². The third-order valence-electron chi connectivity index (χ3n) is 1.85. The summed E-state index contributed by atoms with van der Waals surface area (Å²) >= 11 is 0. The Hall–Kier alpha value is -0.120. The van der Waals surface area contributed by atoms with Gasteiger partial charge in [0.1, 0.15) is 5.72 Å². The fourth-order valence-corrected chi connectivity index (χ4v) is 1.37. The Balaban J connectivity index is 2.15. The van der Waals surface area contributed by atoms with Gasteiger partial charge in [0.25, 0.3) is 0 Å². The van der Waals surface area contributed by atoms with E-state index in [1.165, 1.54) is 0 Å². The lowest BCUT2D eigenvalue weighted by molar-refractivity contribution is -0.311. The van der Waals surface area contributed by atoms with E-state index >= 15 is 0 Å². The summed E-state index contributed by atoms with van der Waals surface area (Å²) in [5, 5.41) is 3.24. The van der Waals surface area contributed by atoms with E-state index in [-0.39, 0.29) is 12.0 Å². The molecule has 66 valence electrons. The van der Waals surface area contributed by atoms with E-state index in [1.807, 2.05) is 13.8 Å². The second-order valence-electron chi connectivity index (χ2n) is 2.97. The minimum absolute atomic E-state index is 0.0176. The van der Waals surface area contributed by atoms with E-state index in [2.05, 4.69) is 12.2 Å². The van der Waals surface area contributed by atoms with Gasteiger partial charge in [-0.25, -0.2) is 0 Å². The van der Waals surface area contributed by atoms with Gasteiger partial charge in [0.2, 0.25) is 0 Å². The normalized spacial score (nSPS) is 36.8. The Kier molecular flexibility index (Phi) is 2.87. The second-order valence-corrected chi connectivity index (χ2v) is 2.97. The molecule has 1 N–H and O–H groups in total. The quantitative estimate of drug-likeness (QED) is 0.666. The minimum Gasteiger partial charge on any atom is -0.353 e. The molecule has 0 spiro atoms.